The summed E-state index contributed by atoms with van der Waals surface area (Å²) >= 11 is 0. The molecule has 4 heteroatoms. The van der Waals surface area contributed by atoms with Crippen molar-refractivity contribution < 1.29 is 9.53 Å². The first kappa shape index (κ1) is 9.15. The molecule has 1 aromatic rings. The Bertz CT molecular complexity index is 348. The van der Waals surface area contributed by atoms with Crippen molar-refractivity contribution in [3.8, 4) is 5.75 Å². The molecule has 1 aliphatic carbocycles. The molecule has 1 aromatic heterocycles. The number of aldehydes is 1. The van der Waals surface area contributed by atoms with Gasteiger partial charge in [-0.3, -0.25) is 9.78 Å². The molecule has 2 rings (SSSR count). The van der Waals surface area contributed by atoms with E-state index in [2.05, 4.69) is 4.98 Å². The van der Waals surface area contributed by atoms with Gasteiger partial charge in [0.15, 0.2) is 6.29 Å². The summed E-state index contributed by atoms with van der Waals surface area (Å²) in [5, 5.41) is 0. The number of pyridine rings is 1. The molecule has 0 saturated heterocycles. The highest BCUT2D eigenvalue weighted by molar-refractivity contribution is 5.75. The molecule has 0 spiro atoms. The Balaban J connectivity index is 2.30. The molecule has 4 nitrogen and oxygen atoms in total. The Morgan fingerprint density at radius 1 is 1.64 bits per heavy atom. The van der Waals surface area contributed by atoms with Gasteiger partial charge in [0.05, 0.1) is 6.10 Å². The summed E-state index contributed by atoms with van der Waals surface area (Å²) in [6, 6.07) is 1.76. The Morgan fingerprint density at radius 3 is 3.00 bits per heavy atom. The number of rotatable bonds is 4. The molecule has 2 N–H and O–H groups in total. The highest BCUT2D eigenvalue weighted by Gasteiger charge is 2.24. The fourth-order valence-corrected chi connectivity index (χ4v) is 1.27. The van der Waals surface area contributed by atoms with Crippen molar-refractivity contribution in [2.24, 2.45) is 5.73 Å². The summed E-state index contributed by atoms with van der Waals surface area (Å²) in [5.41, 5.74) is 6.63. The zero-order valence-electron chi connectivity index (χ0n) is 7.77. The SMILES string of the molecule is NCc1c(OC2CC2)ccnc1C=O. The lowest BCUT2D eigenvalue weighted by molar-refractivity contribution is 0.111. The Hall–Kier alpha value is -1.42. The van der Waals surface area contributed by atoms with Gasteiger partial charge in [-0.05, 0) is 18.9 Å². The van der Waals surface area contributed by atoms with Gasteiger partial charge in [-0.1, -0.05) is 0 Å². The van der Waals surface area contributed by atoms with Gasteiger partial charge < -0.3 is 10.5 Å². The van der Waals surface area contributed by atoms with Crippen LogP contribution in [-0.2, 0) is 6.54 Å². The lowest BCUT2D eigenvalue weighted by Gasteiger charge is -2.09. The molecule has 0 unspecified atom stereocenters. The maximum Gasteiger partial charge on any atom is 0.168 e. The van der Waals surface area contributed by atoms with E-state index in [9.17, 15) is 4.79 Å². The number of hydrogen-bond donors (Lipinski definition) is 1. The first-order valence-corrected chi connectivity index (χ1v) is 4.65. The third kappa shape index (κ3) is 1.75. The average Bonchev–Trinajstić information content (AvgIpc) is 3.01. The summed E-state index contributed by atoms with van der Waals surface area (Å²) in [4.78, 5) is 14.6. The number of carbonyl (C=O) groups is 1. The summed E-state index contributed by atoms with van der Waals surface area (Å²) in [6.07, 6.45) is 4.76. The van der Waals surface area contributed by atoms with Crippen LogP contribution in [0.3, 0.4) is 0 Å². The summed E-state index contributed by atoms with van der Waals surface area (Å²) in [6.45, 7) is 0.282. The first-order chi connectivity index (χ1) is 6.85. The topological polar surface area (TPSA) is 65.2 Å². The van der Waals surface area contributed by atoms with Gasteiger partial charge in [0, 0.05) is 18.3 Å². The minimum Gasteiger partial charge on any atom is -0.490 e. The van der Waals surface area contributed by atoms with E-state index in [0.717, 1.165) is 12.8 Å². The molecule has 74 valence electrons. The predicted octanol–water partition coefficient (Wildman–Crippen LogP) is 0.894. The number of nitrogens with zero attached hydrogens (tertiary/aromatic N) is 1. The summed E-state index contributed by atoms with van der Waals surface area (Å²) < 4.78 is 5.61. The monoisotopic (exact) mass is 192 g/mol. The molecule has 1 saturated carbocycles. The van der Waals surface area contributed by atoms with E-state index >= 15 is 0 Å². The average molecular weight is 192 g/mol. The van der Waals surface area contributed by atoms with Gasteiger partial charge in [-0.15, -0.1) is 0 Å². The second-order valence-electron chi connectivity index (χ2n) is 3.31. The lowest BCUT2D eigenvalue weighted by atomic mass is 10.2. The Kier molecular flexibility index (Phi) is 2.45. The normalized spacial score (nSPS) is 15.2. The molecule has 0 radical (unpaired) electrons. The van der Waals surface area contributed by atoms with Crippen LogP contribution >= 0.6 is 0 Å². The van der Waals surface area contributed by atoms with Crippen molar-refractivity contribution in [3.05, 3.63) is 23.5 Å². The zero-order valence-corrected chi connectivity index (χ0v) is 7.77. The number of aromatic nitrogens is 1. The van der Waals surface area contributed by atoms with E-state index < -0.39 is 0 Å². The van der Waals surface area contributed by atoms with Crippen LogP contribution < -0.4 is 10.5 Å². The third-order valence-corrected chi connectivity index (χ3v) is 2.18. The van der Waals surface area contributed by atoms with Crippen molar-refractivity contribution in [3.63, 3.8) is 0 Å². The number of ether oxygens (including phenoxy) is 1. The van der Waals surface area contributed by atoms with Crippen LogP contribution in [0, 0.1) is 0 Å². The molecule has 0 bridgehead atoms. The van der Waals surface area contributed by atoms with Gasteiger partial charge in [-0.25, -0.2) is 0 Å². The summed E-state index contributed by atoms with van der Waals surface area (Å²) in [7, 11) is 0. The minimum absolute atomic E-state index is 0.282. The highest BCUT2D eigenvalue weighted by Crippen LogP contribution is 2.29. The molecule has 1 heterocycles. The Labute approximate surface area is 82.1 Å². The Morgan fingerprint density at radius 2 is 2.43 bits per heavy atom. The van der Waals surface area contributed by atoms with E-state index in [1.54, 1.807) is 12.3 Å². The van der Waals surface area contributed by atoms with Gasteiger partial charge in [0.2, 0.25) is 0 Å². The predicted molar refractivity (Wildman–Crippen MR) is 51.2 cm³/mol. The fourth-order valence-electron chi connectivity index (χ4n) is 1.27. The second kappa shape index (κ2) is 3.75. The fraction of sp³-hybridized carbons (Fsp3) is 0.400. The molecule has 0 aliphatic heterocycles. The van der Waals surface area contributed by atoms with Gasteiger partial charge >= 0.3 is 0 Å². The van der Waals surface area contributed by atoms with Crippen molar-refractivity contribution >= 4 is 6.29 Å². The minimum atomic E-state index is 0.282. The molecule has 1 aliphatic rings. The van der Waals surface area contributed by atoms with Crippen LogP contribution in [0.1, 0.15) is 28.9 Å². The van der Waals surface area contributed by atoms with E-state index in [4.69, 9.17) is 10.5 Å². The van der Waals surface area contributed by atoms with Gasteiger partial charge in [-0.2, -0.15) is 0 Å². The van der Waals surface area contributed by atoms with Crippen molar-refractivity contribution in [1.29, 1.82) is 0 Å². The molecule has 1 fully saturated rings. The molecule has 0 atom stereocenters. The molecule has 0 aromatic carbocycles. The van der Waals surface area contributed by atoms with E-state index in [1.165, 1.54) is 0 Å². The van der Waals surface area contributed by atoms with Crippen LogP contribution in [0.25, 0.3) is 0 Å². The smallest absolute Gasteiger partial charge is 0.168 e. The molecular formula is C10H12N2O2. The highest BCUT2D eigenvalue weighted by atomic mass is 16.5. The third-order valence-electron chi connectivity index (χ3n) is 2.18. The van der Waals surface area contributed by atoms with Crippen LogP contribution in [-0.4, -0.2) is 17.4 Å². The lowest BCUT2D eigenvalue weighted by Crippen LogP contribution is -2.08. The first-order valence-electron chi connectivity index (χ1n) is 4.65. The van der Waals surface area contributed by atoms with Crippen molar-refractivity contribution in [2.45, 2.75) is 25.5 Å². The van der Waals surface area contributed by atoms with E-state index in [1.807, 2.05) is 0 Å². The number of nitrogens with two attached hydrogens (primary N) is 1. The summed E-state index contributed by atoms with van der Waals surface area (Å²) in [5.74, 6) is 0.701. The van der Waals surface area contributed by atoms with Crippen LogP contribution in [0.5, 0.6) is 5.75 Å². The van der Waals surface area contributed by atoms with Crippen molar-refractivity contribution in [1.82, 2.24) is 4.98 Å². The molecule has 0 amide bonds. The molecule has 14 heavy (non-hydrogen) atoms. The maximum atomic E-state index is 10.7. The largest absolute Gasteiger partial charge is 0.490 e. The van der Waals surface area contributed by atoms with Gasteiger partial charge in [0.25, 0.3) is 0 Å². The van der Waals surface area contributed by atoms with Crippen LogP contribution in [0.2, 0.25) is 0 Å². The number of carbonyl (C=O) groups excluding carboxylic acids is 1. The standard InChI is InChI=1S/C10H12N2O2/c11-5-8-9(6-13)12-4-3-10(8)14-7-1-2-7/h3-4,6-7H,1-2,5,11H2. The molecular weight excluding hydrogens is 180 g/mol. The van der Waals surface area contributed by atoms with Crippen LogP contribution in [0.15, 0.2) is 12.3 Å². The quantitative estimate of drug-likeness (QED) is 0.719. The van der Waals surface area contributed by atoms with Crippen molar-refractivity contribution in [2.75, 3.05) is 0 Å². The van der Waals surface area contributed by atoms with E-state index in [-0.39, 0.29) is 6.54 Å². The maximum absolute atomic E-state index is 10.7. The van der Waals surface area contributed by atoms with Crippen LogP contribution in [0.4, 0.5) is 0 Å². The second-order valence-corrected chi connectivity index (χ2v) is 3.31. The zero-order chi connectivity index (χ0) is 9.97. The number of hydrogen-bond acceptors (Lipinski definition) is 4. The van der Waals surface area contributed by atoms with E-state index in [0.29, 0.717) is 29.4 Å². The van der Waals surface area contributed by atoms with Gasteiger partial charge in [0.1, 0.15) is 11.4 Å².